The Morgan fingerprint density at radius 1 is 0.968 bits per heavy atom. The zero-order valence-corrected chi connectivity index (χ0v) is 17.4. The van der Waals surface area contributed by atoms with Crippen LogP contribution in [0.2, 0.25) is 0 Å². The lowest BCUT2D eigenvalue weighted by Crippen LogP contribution is -2.35. The summed E-state index contributed by atoms with van der Waals surface area (Å²) in [5, 5.41) is 7.99. The molecule has 0 unspecified atom stereocenters. The summed E-state index contributed by atoms with van der Waals surface area (Å²) in [7, 11) is 0. The van der Waals surface area contributed by atoms with Crippen molar-refractivity contribution in [1.82, 2.24) is 5.32 Å². The van der Waals surface area contributed by atoms with Crippen molar-refractivity contribution in [3.63, 3.8) is 0 Å². The minimum atomic E-state index is -0.866. The van der Waals surface area contributed by atoms with Crippen molar-refractivity contribution < 1.29 is 18.4 Å². The number of piperidine rings is 1. The molecule has 31 heavy (non-hydrogen) atoms. The summed E-state index contributed by atoms with van der Waals surface area (Å²) in [5.74, 6) is -1.09. The minimum absolute atomic E-state index is 0.135. The molecule has 2 fully saturated rings. The molecule has 1 saturated heterocycles. The Kier molecular flexibility index (Phi) is 6.06. The molecule has 8 heteroatoms. The van der Waals surface area contributed by atoms with Crippen LogP contribution in [0, 0.1) is 17.6 Å². The molecule has 4 rings (SSSR count). The van der Waals surface area contributed by atoms with Gasteiger partial charge in [-0.1, -0.05) is 6.92 Å². The highest BCUT2D eigenvalue weighted by molar-refractivity contribution is 6.04. The van der Waals surface area contributed by atoms with Crippen molar-refractivity contribution in [2.24, 2.45) is 5.92 Å². The number of carbonyl (C=O) groups is 2. The Bertz CT molecular complexity index is 986. The molecule has 6 nitrogen and oxygen atoms in total. The van der Waals surface area contributed by atoms with Crippen LogP contribution in [0.25, 0.3) is 0 Å². The van der Waals surface area contributed by atoms with E-state index in [0.29, 0.717) is 23.2 Å². The van der Waals surface area contributed by atoms with Gasteiger partial charge in [-0.2, -0.15) is 0 Å². The van der Waals surface area contributed by atoms with Crippen molar-refractivity contribution in [3.05, 3.63) is 53.6 Å². The largest absolute Gasteiger partial charge is 0.371 e. The van der Waals surface area contributed by atoms with Gasteiger partial charge in [0.25, 0.3) is 5.91 Å². The molecule has 1 aliphatic carbocycles. The van der Waals surface area contributed by atoms with E-state index in [9.17, 15) is 18.4 Å². The first-order valence-electron chi connectivity index (χ1n) is 10.6. The number of hydrogen-bond donors (Lipinski definition) is 3. The Hall–Kier alpha value is -3.16. The van der Waals surface area contributed by atoms with Crippen LogP contribution < -0.4 is 20.9 Å². The van der Waals surface area contributed by atoms with Crippen LogP contribution in [0.1, 0.15) is 43.0 Å². The second-order valence-corrected chi connectivity index (χ2v) is 8.35. The first kappa shape index (κ1) is 21.1. The average molecular weight is 428 g/mol. The molecule has 164 valence electrons. The number of benzene rings is 2. The standard InChI is InChI=1S/C23H26F2N4O2/c1-14-8-10-29(11-9-14)21-7-5-17(13-18(21)22(30)26-16-3-4-16)27-23(31)28-20-6-2-15(24)12-19(20)25/h2,5-7,12-14,16H,3-4,8-11H2,1H3,(H,26,30)(H2,27,28,31). The fourth-order valence-corrected chi connectivity index (χ4v) is 3.69. The van der Waals surface area contributed by atoms with Crippen LogP contribution in [0.5, 0.6) is 0 Å². The number of nitrogens with one attached hydrogen (secondary N) is 3. The molecule has 3 amide bonds. The van der Waals surface area contributed by atoms with E-state index in [0.717, 1.165) is 56.6 Å². The number of amides is 3. The van der Waals surface area contributed by atoms with Crippen molar-refractivity contribution in [3.8, 4) is 0 Å². The van der Waals surface area contributed by atoms with Gasteiger partial charge in [0.1, 0.15) is 11.6 Å². The lowest BCUT2D eigenvalue weighted by molar-refractivity contribution is 0.0951. The fourth-order valence-electron chi connectivity index (χ4n) is 3.69. The highest BCUT2D eigenvalue weighted by atomic mass is 19.1. The third kappa shape index (κ3) is 5.31. The predicted molar refractivity (Wildman–Crippen MR) is 117 cm³/mol. The Balaban J connectivity index is 1.52. The quantitative estimate of drug-likeness (QED) is 0.644. The molecule has 2 aromatic carbocycles. The van der Waals surface area contributed by atoms with Crippen LogP contribution in [0.15, 0.2) is 36.4 Å². The number of nitrogens with zero attached hydrogens (tertiary/aromatic N) is 1. The minimum Gasteiger partial charge on any atom is -0.371 e. The highest BCUT2D eigenvalue weighted by Crippen LogP contribution is 2.30. The summed E-state index contributed by atoms with van der Waals surface area (Å²) >= 11 is 0. The van der Waals surface area contributed by atoms with Gasteiger partial charge in [0, 0.05) is 36.6 Å². The van der Waals surface area contributed by atoms with Gasteiger partial charge in [-0.3, -0.25) is 4.79 Å². The second kappa shape index (κ2) is 8.91. The number of carbonyl (C=O) groups excluding carboxylic acids is 2. The van der Waals surface area contributed by atoms with E-state index >= 15 is 0 Å². The lowest BCUT2D eigenvalue weighted by Gasteiger charge is -2.33. The summed E-state index contributed by atoms with van der Waals surface area (Å²) in [6, 6.07) is 7.65. The maximum atomic E-state index is 13.8. The van der Waals surface area contributed by atoms with E-state index in [1.54, 1.807) is 12.1 Å². The van der Waals surface area contributed by atoms with Crippen LogP contribution in [-0.4, -0.2) is 31.1 Å². The predicted octanol–water partition coefficient (Wildman–Crippen LogP) is 4.74. The molecule has 0 aromatic heterocycles. The van der Waals surface area contributed by atoms with Gasteiger partial charge >= 0.3 is 6.03 Å². The van der Waals surface area contributed by atoms with Gasteiger partial charge < -0.3 is 20.9 Å². The molecule has 0 spiro atoms. The molecule has 1 aliphatic heterocycles. The van der Waals surface area contributed by atoms with E-state index in [-0.39, 0.29) is 17.6 Å². The monoisotopic (exact) mass is 428 g/mol. The molecule has 0 bridgehead atoms. The Morgan fingerprint density at radius 2 is 1.71 bits per heavy atom. The number of anilines is 3. The molecule has 1 saturated carbocycles. The number of halogens is 2. The number of urea groups is 1. The van der Waals surface area contributed by atoms with Crippen LogP contribution >= 0.6 is 0 Å². The van der Waals surface area contributed by atoms with Crippen LogP contribution in [0.4, 0.5) is 30.6 Å². The number of rotatable bonds is 5. The molecule has 2 aliphatic rings. The van der Waals surface area contributed by atoms with Gasteiger partial charge in [-0.05, 0) is 61.9 Å². The SMILES string of the molecule is CC1CCN(c2ccc(NC(=O)Nc3ccc(F)cc3F)cc2C(=O)NC2CC2)CC1. The van der Waals surface area contributed by atoms with Crippen LogP contribution in [-0.2, 0) is 0 Å². The van der Waals surface area contributed by atoms with Gasteiger partial charge in [0.05, 0.1) is 11.3 Å². The van der Waals surface area contributed by atoms with Gasteiger partial charge in [0.2, 0.25) is 0 Å². The van der Waals surface area contributed by atoms with E-state index < -0.39 is 17.7 Å². The fraction of sp³-hybridized carbons (Fsp3) is 0.391. The average Bonchev–Trinajstić information content (AvgIpc) is 3.55. The lowest BCUT2D eigenvalue weighted by atomic mass is 9.98. The maximum absolute atomic E-state index is 13.8. The summed E-state index contributed by atoms with van der Waals surface area (Å²) in [6.07, 6.45) is 4.09. The molecule has 0 radical (unpaired) electrons. The maximum Gasteiger partial charge on any atom is 0.323 e. The molecule has 3 N–H and O–H groups in total. The van der Waals surface area contributed by atoms with Gasteiger partial charge in [0.15, 0.2) is 0 Å². The summed E-state index contributed by atoms with van der Waals surface area (Å²) in [6.45, 7) is 3.98. The smallest absolute Gasteiger partial charge is 0.323 e. The van der Waals surface area contributed by atoms with E-state index in [4.69, 9.17) is 0 Å². The first-order valence-corrected chi connectivity index (χ1v) is 10.6. The Labute approximate surface area is 180 Å². The van der Waals surface area contributed by atoms with Crippen molar-refractivity contribution >= 4 is 29.0 Å². The van der Waals surface area contributed by atoms with Gasteiger partial charge in [-0.15, -0.1) is 0 Å². The third-order valence-electron chi connectivity index (χ3n) is 5.72. The summed E-state index contributed by atoms with van der Waals surface area (Å²) < 4.78 is 26.8. The van der Waals surface area contributed by atoms with Gasteiger partial charge in [-0.25, -0.2) is 13.6 Å². The molecule has 2 aromatic rings. The second-order valence-electron chi connectivity index (χ2n) is 8.35. The van der Waals surface area contributed by atoms with Crippen molar-refractivity contribution in [2.75, 3.05) is 28.6 Å². The topological polar surface area (TPSA) is 73.5 Å². The summed E-state index contributed by atoms with van der Waals surface area (Å²) in [4.78, 5) is 27.4. The van der Waals surface area contributed by atoms with Crippen molar-refractivity contribution in [2.45, 2.75) is 38.6 Å². The zero-order chi connectivity index (χ0) is 22.0. The van der Waals surface area contributed by atoms with Crippen molar-refractivity contribution in [1.29, 1.82) is 0 Å². The molecular formula is C23H26F2N4O2. The first-order chi connectivity index (χ1) is 14.9. The highest BCUT2D eigenvalue weighted by Gasteiger charge is 2.27. The van der Waals surface area contributed by atoms with E-state index in [2.05, 4.69) is 27.8 Å². The van der Waals surface area contributed by atoms with Crippen LogP contribution in [0.3, 0.4) is 0 Å². The zero-order valence-electron chi connectivity index (χ0n) is 17.4. The Morgan fingerprint density at radius 3 is 2.39 bits per heavy atom. The molecular weight excluding hydrogens is 402 g/mol. The van der Waals surface area contributed by atoms with E-state index in [1.807, 2.05) is 6.07 Å². The third-order valence-corrected chi connectivity index (χ3v) is 5.72. The molecule has 0 atom stereocenters. The number of hydrogen-bond acceptors (Lipinski definition) is 3. The summed E-state index contributed by atoms with van der Waals surface area (Å²) in [5.41, 5.74) is 1.63. The molecule has 1 heterocycles. The van der Waals surface area contributed by atoms with E-state index in [1.165, 1.54) is 0 Å². The normalized spacial score (nSPS) is 16.7.